The SMILES string of the molecule is NCC1CCCCC1NC(=O)c1ccc(-c2ncon2)cc1. The number of hydrogen-bond acceptors (Lipinski definition) is 5. The number of nitrogens with two attached hydrogens (primary N) is 1. The van der Waals surface area contributed by atoms with Crippen LogP contribution in [0.4, 0.5) is 0 Å². The molecule has 0 aliphatic heterocycles. The van der Waals surface area contributed by atoms with E-state index in [-0.39, 0.29) is 11.9 Å². The molecule has 1 saturated carbocycles. The van der Waals surface area contributed by atoms with Gasteiger partial charge in [-0.1, -0.05) is 30.1 Å². The van der Waals surface area contributed by atoms with Crippen LogP contribution in [0.15, 0.2) is 35.2 Å². The van der Waals surface area contributed by atoms with Crippen molar-refractivity contribution in [1.82, 2.24) is 15.5 Å². The molecular formula is C16H20N4O2. The van der Waals surface area contributed by atoms with E-state index in [1.165, 1.54) is 12.8 Å². The zero-order valence-corrected chi connectivity index (χ0v) is 12.4. The molecule has 2 atom stereocenters. The summed E-state index contributed by atoms with van der Waals surface area (Å²) in [6.45, 7) is 0.627. The van der Waals surface area contributed by atoms with Crippen molar-refractivity contribution in [2.24, 2.45) is 11.7 Å². The highest BCUT2D eigenvalue weighted by Crippen LogP contribution is 2.24. The van der Waals surface area contributed by atoms with Crippen molar-refractivity contribution in [1.29, 1.82) is 0 Å². The number of hydrogen-bond donors (Lipinski definition) is 2. The first-order chi connectivity index (χ1) is 10.8. The average molecular weight is 300 g/mol. The maximum atomic E-state index is 12.4. The third-order valence-corrected chi connectivity index (χ3v) is 4.29. The van der Waals surface area contributed by atoms with E-state index in [1.807, 2.05) is 12.1 Å². The first kappa shape index (κ1) is 14.7. The quantitative estimate of drug-likeness (QED) is 0.900. The van der Waals surface area contributed by atoms with E-state index in [2.05, 4.69) is 15.5 Å². The second-order valence-electron chi connectivity index (χ2n) is 5.69. The minimum Gasteiger partial charge on any atom is -0.349 e. The van der Waals surface area contributed by atoms with Crippen molar-refractivity contribution >= 4 is 5.91 Å². The first-order valence-electron chi connectivity index (χ1n) is 7.65. The molecule has 1 aliphatic carbocycles. The number of nitrogens with one attached hydrogen (secondary N) is 1. The predicted molar refractivity (Wildman–Crippen MR) is 82.0 cm³/mol. The van der Waals surface area contributed by atoms with Gasteiger partial charge in [0.2, 0.25) is 12.2 Å². The summed E-state index contributed by atoms with van der Waals surface area (Å²) in [4.78, 5) is 16.4. The lowest BCUT2D eigenvalue weighted by molar-refractivity contribution is 0.0908. The van der Waals surface area contributed by atoms with Crippen molar-refractivity contribution in [3.63, 3.8) is 0 Å². The topological polar surface area (TPSA) is 94.0 Å². The Balaban J connectivity index is 1.67. The van der Waals surface area contributed by atoms with Crippen molar-refractivity contribution in [3.8, 4) is 11.4 Å². The van der Waals surface area contributed by atoms with Crippen LogP contribution in [-0.2, 0) is 0 Å². The molecule has 2 aromatic rings. The Morgan fingerprint density at radius 1 is 1.27 bits per heavy atom. The van der Waals surface area contributed by atoms with Gasteiger partial charge in [0, 0.05) is 17.2 Å². The Labute approximate surface area is 129 Å². The Bertz CT molecular complexity index is 610. The van der Waals surface area contributed by atoms with E-state index in [0.29, 0.717) is 23.9 Å². The highest BCUT2D eigenvalue weighted by Gasteiger charge is 2.25. The molecule has 1 amide bonds. The molecule has 2 unspecified atom stereocenters. The van der Waals surface area contributed by atoms with E-state index >= 15 is 0 Å². The van der Waals surface area contributed by atoms with Crippen LogP contribution in [0.3, 0.4) is 0 Å². The van der Waals surface area contributed by atoms with Crippen LogP contribution in [-0.4, -0.2) is 28.6 Å². The Hall–Kier alpha value is -2.21. The lowest BCUT2D eigenvalue weighted by Gasteiger charge is -2.31. The molecule has 0 saturated heterocycles. The van der Waals surface area contributed by atoms with Crippen LogP contribution in [0.25, 0.3) is 11.4 Å². The number of benzene rings is 1. The lowest BCUT2D eigenvalue weighted by atomic mass is 9.84. The van der Waals surface area contributed by atoms with Gasteiger partial charge in [0.25, 0.3) is 5.91 Å². The standard InChI is InChI=1S/C16H20N4O2/c17-9-13-3-1-2-4-14(13)19-16(21)12-7-5-11(6-8-12)15-18-10-22-20-15/h5-8,10,13-14H,1-4,9,17H2,(H,19,21). The molecule has 116 valence electrons. The second-order valence-corrected chi connectivity index (χ2v) is 5.69. The third-order valence-electron chi connectivity index (χ3n) is 4.29. The van der Waals surface area contributed by atoms with Gasteiger partial charge < -0.3 is 15.6 Å². The molecule has 1 fully saturated rings. The van der Waals surface area contributed by atoms with Gasteiger partial charge in [-0.15, -0.1) is 0 Å². The van der Waals surface area contributed by atoms with Crippen LogP contribution >= 0.6 is 0 Å². The van der Waals surface area contributed by atoms with E-state index in [0.717, 1.165) is 24.8 Å². The average Bonchev–Trinajstić information content (AvgIpc) is 3.10. The highest BCUT2D eigenvalue weighted by atomic mass is 16.5. The molecule has 6 nitrogen and oxygen atoms in total. The van der Waals surface area contributed by atoms with Gasteiger partial charge in [-0.05, 0) is 37.4 Å². The van der Waals surface area contributed by atoms with Crippen LogP contribution in [0.2, 0.25) is 0 Å². The molecule has 22 heavy (non-hydrogen) atoms. The number of amides is 1. The monoisotopic (exact) mass is 300 g/mol. The van der Waals surface area contributed by atoms with Gasteiger partial charge in [0.15, 0.2) is 0 Å². The molecule has 3 N–H and O–H groups in total. The van der Waals surface area contributed by atoms with E-state index in [1.54, 1.807) is 12.1 Å². The van der Waals surface area contributed by atoms with Crippen LogP contribution in [0.1, 0.15) is 36.0 Å². The summed E-state index contributed by atoms with van der Waals surface area (Å²) in [7, 11) is 0. The van der Waals surface area contributed by atoms with Crippen molar-refractivity contribution in [2.45, 2.75) is 31.7 Å². The number of aromatic nitrogens is 2. The van der Waals surface area contributed by atoms with E-state index in [9.17, 15) is 4.79 Å². The van der Waals surface area contributed by atoms with Gasteiger partial charge >= 0.3 is 0 Å². The molecule has 0 radical (unpaired) electrons. The van der Waals surface area contributed by atoms with Gasteiger partial charge in [0.1, 0.15) is 0 Å². The molecule has 3 rings (SSSR count). The fraction of sp³-hybridized carbons (Fsp3) is 0.438. The fourth-order valence-corrected chi connectivity index (χ4v) is 3.00. The van der Waals surface area contributed by atoms with Gasteiger partial charge in [-0.3, -0.25) is 4.79 Å². The highest BCUT2D eigenvalue weighted by molar-refractivity contribution is 5.94. The fourth-order valence-electron chi connectivity index (χ4n) is 3.00. The first-order valence-corrected chi connectivity index (χ1v) is 7.65. The van der Waals surface area contributed by atoms with Crippen LogP contribution in [0.5, 0.6) is 0 Å². The smallest absolute Gasteiger partial charge is 0.251 e. The van der Waals surface area contributed by atoms with Crippen LogP contribution in [0, 0.1) is 5.92 Å². The summed E-state index contributed by atoms with van der Waals surface area (Å²) < 4.78 is 4.72. The number of carbonyl (C=O) groups excluding carboxylic acids is 1. The van der Waals surface area contributed by atoms with E-state index < -0.39 is 0 Å². The van der Waals surface area contributed by atoms with Gasteiger partial charge in [0.05, 0.1) is 0 Å². The Morgan fingerprint density at radius 3 is 2.73 bits per heavy atom. The summed E-state index contributed by atoms with van der Waals surface area (Å²) in [5, 5.41) is 6.90. The molecule has 0 spiro atoms. The predicted octanol–water partition coefficient (Wildman–Crippen LogP) is 1.98. The zero-order valence-electron chi connectivity index (χ0n) is 12.4. The molecule has 1 aromatic carbocycles. The number of nitrogens with zero attached hydrogens (tertiary/aromatic N) is 2. The Morgan fingerprint density at radius 2 is 2.05 bits per heavy atom. The van der Waals surface area contributed by atoms with Crippen molar-refractivity contribution in [3.05, 3.63) is 36.2 Å². The minimum atomic E-state index is -0.0509. The van der Waals surface area contributed by atoms with E-state index in [4.69, 9.17) is 10.3 Å². The number of rotatable bonds is 4. The molecule has 1 heterocycles. The number of carbonyl (C=O) groups is 1. The largest absolute Gasteiger partial charge is 0.349 e. The summed E-state index contributed by atoms with van der Waals surface area (Å²) in [6, 6.07) is 7.38. The minimum absolute atomic E-state index is 0.0509. The third kappa shape index (κ3) is 3.17. The molecule has 1 aliphatic rings. The maximum absolute atomic E-state index is 12.4. The summed E-state index contributed by atoms with van der Waals surface area (Å²) in [5.41, 5.74) is 7.26. The van der Waals surface area contributed by atoms with Crippen molar-refractivity contribution in [2.75, 3.05) is 6.54 Å². The summed E-state index contributed by atoms with van der Waals surface area (Å²) in [5.74, 6) is 0.851. The Kier molecular flexibility index (Phi) is 4.48. The maximum Gasteiger partial charge on any atom is 0.251 e. The lowest BCUT2D eigenvalue weighted by Crippen LogP contribution is -2.44. The van der Waals surface area contributed by atoms with Crippen LogP contribution < -0.4 is 11.1 Å². The zero-order chi connectivity index (χ0) is 15.4. The summed E-state index contributed by atoms with van der Waals surface area (Å²) in [6.07, 6.45) is 5.74. The summed E-state index contributed by atoms with van der Waals surface area (Å²) >= 11 is 0. The molecular weight excluding hydrogens is 280 g/mol. The van der Waals surface area contributed by atoms with Gasteiger partial charge in [-0.2, -0.15) is 4.98 Å². The molecule has 6 heteroatoms. The normalized spacial score (nSPS) is 21.5. The second kappa shape index (κ2) is 6.70. The van der Waals surface area contributed by atoms with Gasteiger partial charge in [-0.25, -0.2) is 0 Å². The molecule has 0 bridgehead atoms. The molecule has 1 aromatic heterocycles. The van der Waals surface area contributed by atoms with Crippen molar-refractivity contribution < 1.29 is 9.32 Å².